The summed E-state index contributed by atoms with van der Waals surface area (Å²) >= 11 is 0. The van der Waals surface area contributed by atoms with Gasteiger partial charge in [-0.25, -0.2) is 4.79 Å². The maximum Gasteiger partial charge on any atom is 0.354 e. The molecule has 0 saturated heterocycles. The highest BCUT2D eigenvalue weighted by Gasteiger charge is 2.46. The number of carbonyl (C=O) groups excluding carboxylic acids is 3. The standard InChI is InChI=1S/C18H15NO4/c1-23-16(21)15-11-18(9-7-14(20)8-10-18)17(22)19(15)12-13-5-3-2-4-6-13/h2-11H,12H2,1H3. The van der Waals surface area contributed by atoms with Crippen molar-refractivity contribution >= 4 is 17.7 Å². The van der Waals surface area contributed by atoms with Gasteiger partial charge >= 0.3 is 5.97 Å². The Morgan fingerprint density at radius 2 is 1.78 bits per heavy atom. The van der Waals surface area contributed by atoms with E-state index in [4.69, 9.17) is 4.74 Å². The van der Waals surface area contributed by atoms with Gasteiger partial charge in [0.15, 0.2) is 5.78 Å². The van der Waals surface area contributed by atoms with Crippen molar-refractivity contribution in [2.45, 2.75) is 6.54 Å². The van der Waals surface area contributed by atoms with Gasteiger partial charge in [0, 0.05) is 0 Å². The third kappa shape index (κ3) is 2.61. The molecule has 1 heterocycles. The molecule has 3 rings (SSSR count). The van der Waals surface area contributed by atoms with E-state index >= 15 is 0 Å². The Kier molecular flexibility index (Phi) is 3.70. The van der Waals surface area contributed by atoms with E-state index in [1.54, 1.807) is 6.08 Å². The summed E-state index contributed by atoms with van der Waals surface area (Å²) in [6, 6.07) is 9.37. The summed E-state index contributed by atoms with van der Waals surface area (Å²) in [6.07, 6.45) is 7.27. The van der Waals surface area contributed by atoms with Gasteiger partial charge in [0.25, 0.3) is 0 Å². The number of benzene rings is 1. The quantitative estimate of drug-likeness (QED) is 0.798. The number of allylic oxidation sites excluding steroid dienone is 2. The number of ketones is 1. The minimum Gasteiger partial charge on any atom is -0.464 e. The zero-order valence-corrected chi connectivity index (χ0v) is 12.6. The molecule has 0 aromatic heterocycles. The third-order valence-electron chi connectivity index (χ3n) is 3.91. The minimum absolute atomic E-state index is 0.182. The first-order valence-corrected chi connectivity index (χ1v) is 7.15. The Balaban J connectivity index is 1.99. The second-order valence-electron chi connectivity index (χ2n) is 5.40. The van der Waals surface area contributed by atoms with Gasteiger partial charge in [-0.2, -0.15) is 0 Å². The lowest BCUT2D eigenvalue weighted by atomic mass is 9.84. The van der Waals surface area contributed by atoms with Crippen LogP contribution in [0.25, 0.3) is 0 Å². The average Bonchev–Trinajstić information content (AvgIpc) is 2.84. The van der Waals surface area contributed by atoms with Crippen LogP contribution < -0.4 is 0 Å². The summed E-state index contributed by atoms with van der Waals surface area (Å²) in [6.45, 7) is 0.262. The number of ether oxygens (including phenoxy) is 1. The smallest absolute Gasteiger partial charge is 0.354 e. The number of esters is 1. The summed E-state index contributed by atoms with van der Waals surface area (Å²) < 4.78 is 4.79. The van der Waals surface area contributed by atoms with Crippen LogP contribution in [-0.2, 0) is 25.7 Å². The van der Waals surface area contributed by atoms with E-state index in [1.165, 1.54) is 36.3 Å². The minimum atomic E-state index is -1.09. The first-order valence-electron chi connectivity index (χ1n) is 7.15. The molecular formula is C18H15NO4. The molecule has 2 aliphatic rings. The lowest BCUT2D eigenvalue weighted by Gasteiger charge is -2.24. The van der Waals surface area contributed by atoms with Crippen LogP contribution in [0.2, 0.25) is 0 Å². The molecule has 1 aliphatic heterocycles. The highest BCUT2D eigenvalue weighted by atomic mass is 16.5. The number of methoxy groups -OCH3 is 1. The maximum absolute atomic E-state index is 12.9. The predicted octanol–water partition coefficient (Wildman–Crippen LogP) is 1.77. The van der Waals surface area contributed by atoms with E-state index in [1.807, 2.05) is 30.3 Å². The molecule has 1 amide bonds. The molecule has 1 spiro atoms. The maximum atomic E-state index is 12.9. The summed E-state index contributed by atoms with van der Waals surface area (Å²) in [5.41, 5.74) is -0.00999. The number of carbonyl (C=O) groups is 3. The van der Waals surface area contributed by atoms with Gasteiger partial charge in [-0.3, -0.25) is 9.59 Å². The number of rotatable bonds is 3. The molecule has 1 aromatic rings. The van der Waals surface area contributed by atoms with Crippen molar-refractivity contribution in [1.29, 1.82) is 0 Å². The molecule has 1 aromatic carbocycles. The Labute approximate surface area is 133 Å². The predicted molar refractivity (Wildman–Crippen MR) is 82.8 cm³/mol. The average molecular weight is 309 g/mol. The van der Waals surface area contributed by atoms with Crippen molar-refractivity contribution < 1.29 is 19.1 Å². The second kappa shape index (κ2) is 5.68. The van der Waals surface area contributed by atoms with Gasteiger partial charge in [-0.15, -0.1) is 0 Å². The van der Waals surface area contributed by atoms with Gasteiger partial charge in [0.05, 0.1) is 13.7 Å². The fourth-order valence-corrected chi connectivity index (χ4v) is 2.70. The van der Waals surface area contributed by atoms with E-state index < -0.39 is 11.4 Å². The van der Waals surface area contributed by atoms with E-state index in [0.717, 1.165) is 5.56 Å². The highest BCUT2D eigenvalue weighted by Crippen LogP contribution is 2.38. The van der Waals surface area contributed by atoms with E-state index in [0.29, 0.717) is 0 Å². The molecule has 0 unspecified atom stereocenters. The summed E-state index contributed by atoms with van der Waals surface area (Å²) in [5.74, 6) is -1.04. The Morgan fingerprint density at radius 1 is 1.13 bits per heavy atom. The molecule has 23 heavy (non-hydrogen) atoms. The lowest BCUT2D eigenvalue weighted by molar-refractivity contribution is -0.142. The van der Waals surface area contributed by atoms with Gasteiger partial charge in [0.1, 0.15) is 11.1 Å². The van der Waals surface area contributed by atoms with Crippen LogP contribution in [0.5, 0.6) is 0 Å². The summed E-state index contributed by atoms with van der Waals surface area (Å²) in [4.78, 5) is 37.7. The van der Waals surface area contributed by atoms with Crippen LogP contribution >= 0.6 is 0 Å². The second-order valence-corrected chi connectivity index (χ2v) is 5.40. The number of amides is 1. The largest absolute Gasteiger partial charge is 0.464 e. The number of hydrogen-bond acceptors (Lipinski definition) is 4. The molecule has 5 heteroatoms. The molecule has 0 fully saturated rings. The van der Waals surface area contributed by atoms with E-state index in [2.05, 4.69) is 0 Å². The van der Waals surface area contributed by atoms with Crippen LogP contribution in [0, 0.1) is 5.41 Å². The highest BCUT2D eigenvalue weighted by molar-refractivity contribution is 6.07. The van der Waals surface area contributed by atoms with Crippen LogP contribution in [0.15, 0.2) is 66.4 Å². The normalized spacial score (nSPS) is 18.5. The van der Waals surface area contributed by atoms with Gasteiger partial charge in [-0.1, -0.05) is 42.5 Å². The Hall–Kier alpha value is -2.95. The molecule has 1 aliphatic carbocycles. The van der Waals surface area contributed by atoms with E-state index in [-0.39, 0.29) is 23.9 Å². The molecule has 0 bridgehead atoms. The molecule has 0 radical (unpaired) electrons. The van der Waals surface area contributed by atoms with Crippen molar-refractivity contribution in [3.05, 3.63) is 72.0 Å². The first kappa shape index (κ1) is 15.0. The summed E-state index contributed by atoms with van der Waals surface area (Å²) in [7, 11) is 1.27. The zero-order chi connectivity index (χ0) is 16.4. The van der Waals surface area contributed by atoms with Crippen LogP contribution in [0.1, 0.15) is 5.56 Å². The fraction of sp³-hybridized carbons (Fsp3) is 0.167. The van der Waals surface area contributed by atoms with Gasteiger partial charge in [-0.05, 0) is 23.8 Å². The zero-order valence-electron chi connectivity index (χ0n) is 12.6. The molecule has 116 valence electrons. The van der Waals surface area contributed by atoms with Crippen molar-refractivity contribution in [1.82, 2.24) is 4.90 Å². The van der Waals surface area contributed by atoms with Crippen LogP contribution in [0.3, 0.4) is 0 Å². The van der Waals surface area contributed by atoms with Gasteiger partial charge < -0.3 is 9.64 Å². The Morgan fingerprint density at radius 3 is 2.39 bits per heavy atom. The topological polar surface area (TPSA) is 63.7 Å². The molecule has 5 nitrogen and oxygen atoms in total. The summed E-state index contributed by atoms with van der Waals surface area (Å²) in [5, 5.41) is 0. The monoisotopic (exact) mass is 309 g/mol. The van der Waals surface area contributed by atoms with E-state index in [9.17, 15) is 14.4 Å². The molecule has 0 N–H and O–H groups in total. The first-order chi connectivity index (χ1) is 11.1. The molecule has 0 atom stereocenters. The molecule has 0 saturated carbocycles. The van der Waals surface area contributed by atoms with Crippen molar-refractivity contribution in [2.24, 2.45) is 5.41 Å². The Bertz CT molecular complexity index is 742. The van der Waals surface area contributed by atoms with Gasteiger partial charge in [0.2, 0.25) is 5.91 Å². The van der Waals surface area contributed by atoms with Crippen molar-refractivity contribution in [3.8, 4) is 0 Å². The number of hydrogen-bond donors (Lipinski definition) is 0. The van der Waals surface area contributed by atoms with Crippen LogP contribution in [-0.4, -0.2) is 29.7 Å². The third-order valence-corrected chi connectivity index (χ3v) is 3.91. The SMILES string of the molecule is COC(=O)C1=CC2(C=CC(=O)C=C2)C(=O)N1Cc1ccccc1. The van der Waals surface area contributed by atoms with Crippen LogP contribution in [0.4, 0.5) is 0 Å². The van der Waals surface area contributed by atoms with Crippen molar-refractivity contribution in [2.75, 3.05) is 7.11 Å². The fourth-order valence-electron chi connectivity index (χ4n) is 2.70. The molecular weight excluding hydrogens is 294 g/mol. The number of nitrogens with zero attached hydrogens (tertiary/aromatic N) is 1. The van der Waals surface area contributed by atoms with Crippen molar-refractivity contribution in [3.63, 3.8) is 0 Å². The lowest BCUT2D eigenvalue weighted by Crippen LogP contribution is -2.36.